The minimum absolute atomic E-state index is 0.248. The fraction of sp³-hybridized carbons (Fsp3) is 0.952. The number of likely N-dealkylation sites (tertiary alicyclic amines) is 1. The number of nitrogens with one attached hydrogen (secondary N) is 2. The van der Waals surface area contributed by atoms with Gasteiger partial charge in [-0.15, -0.1) is 0 Å². The summed E-state index contributed by atoms with van der Waals surface area (Å²) in [7, 11) is 1.84. The van der Waals surface area contributed by atoms with Crippen molar-refractivity contribution in [2.75, 3.05) is 66.0 Å². The number of hydrogen-bond donors (Lipinski definition) is 2. The number of guanidine groups is 1. The molecule has 0 aliphatic carbocycles. The van der Waals surface area contributed by atoms with Crippen molar-refractivity contribution in [2.45, 2.75) is 52.6 Å². The fourth-order valence-corrected chi connectivity index (χ4v) is 3.97. The van der Waals surface area contributed by atoms with E-state index >= 15 is 0 Å². The molecule has 2 fully saturated rings. The van der Waals surface area contributed by atoms with E-state index in [1.807, 2.05) is 7.05 Å². The van der Waals surface area contributed by atoms with E-state index in [1.165, 1.54) is 45.3 Å². The van der Waals surface area contributed by atoms with E-state index in [1.54, 1.807) is 0 Å². The molecule has 27 heavy (non-hydrogen) atoms. The molecule has 2 aliphatic rings. The van der Waals surface area contributed by atoms with Crippen LogP contribution in [0.4, 0.5) is 0 Å². The van der Waals surface area contributed by atoms with Crippen molar-refractivity contribution >= 4 is 5.96 Å². The van der Waals surface area contributed by atoms with Crippen LogP contribution in [0.5, 0.6) is 0 Å². The molecule has 158 valence electrons. The van der Waals surface area contributed by atoms with E-state index in [4.69, 9.17) is 4.74 Å². The van der Waals surface area contributed by atoms with Crippen LogP contribution in [-0.2, 0) is 4.74 Å². The van der Waals surface area contributed by atoms with Gasteiger partial charge in [0.25, 0.3) is 0 Å². The highest BCUT2D eigenvalue weighted by Crippen LogP contribution is 2.16. The number of morpholine rings is 1. The lowest BCUT2D eigenvalue weighted by molar-refractivity contribution is -0.0284. The van der Waals surface area contributed by atoms with Crippen molar-refractivity contribution in [1.82, 2.24) is 20.4 Å². The zero-order valence-corrected chi connectivity index (χ0v) is 18.2. The molecule has 2 N–H and O–H groups in total. The van der Waals surface area contributed by atoms with Crippen molar-refractivity contribution in [3.63, 3.8) is 0 Å². The van der Waals surface area contributed by atoms with E-state index in [0.717, 1.165) is 51.2 Å². The minimum atomic E-state index is 0.248. The first kappa shape index (κ1) is 22.4. The molecule has 0 aromatic heterocycles. The highest BCUT2D eigenvalue weighted by atomic mass is 16.5. The Morgan fingerprint density at radius 3 is 2.59 bits per heavy atom. The standard InChI is InChI=1S/C21H43N5O/c1-18(2)16-26-13-14-27-20(17-26)15-24-21(22-4)23-9-5-6-10-25-11-7-19(3)8-12-25/h18-20H,5-17H2,1-4H3,(H2,22,23,24). The number of unbranched alkanes of at least 4 members (excludes halogenated alkanes) is 1. The molecule has 0 aromatic rings. The summed E-state index contributed by atoms with van der Waals surface area (Å²) in [5, 5.41) is 6.88. The fourth-order valence-electron chi connectivity index (χ4n) is 3.97. The maximum atomic E-state index is 5.91. The van der Waals surface area contributed by atoms with Crippen LogP contribution in [0.25, 0.3) is 0 Å². The maximum Gasteiger partial charge on any atom is 0.191 e. The Bertz CT molecular complexity index is 421. The van der Waals surface area contributed by atoms with E-state index in [9.17, 15) is 0 Å². The van der Waals surface area contributed by atoms with Gasteiger partial charge in [-0.05, 0) is 57.2 Å². The summed E-state index contributed by atoms with van der Waals surface area (Å²) in [6, 6.07) is 0. The second-order valence-electron chi connectivity index (χ2n) is 8.76. The lowest BCUT2D eigenvalue weighted by Crippen LogP contribution is -2.50. The molecule has 0 aromatic carbocycles. The van der Waals surface area contributed by atoms with Gasteiger partial charge in [-0.25, -0.2) is 0 Å². The molecule has 2 aliphatic heterocycles. The van der Waals surface area contributed by atoms with Gasteiger partial charge in [-0.3, -0.25) is 9.89 Å². The van der Waals surface area contributed by atoms with Gasteiger partial charge in [0.05, 0.1) is 12.7 Å². The first-order valence-electron chi connectivity index (χ1n) is 11.1. The van der Waals surface area contributed by atoms with Crippen LogP contribution >= 0.6 is 0 Å². The average molecular weight is 382 g/mol. The quantitative estimate of drug-likeness (QED) is 0.364. The molecule has 1 unspecified atom stereocenters. The third kappa shape index (κ3) is 9.26. The number of rotatable bonds is 9. The molecule has 0 radical (unpaired) electrons. The van der Waals surface area contributed by atoms with Gasteiger partial charge in [0.2, 0.25) is 0 Å². The van der Waals surface area contributed by atoms with E-state index in [2.05, 4.69) is 46.2 Å². The summed E-state index contributed by atoms with van der Waals surface area (Å²) in [6.07, 6.45) is 5.43. The average Bonchev–Trinajstić information content (AvgIpc) is 2.65. The summed E-state index contributed by atoms with van der Waals surface area (Å²) < 4.78 is 5.91. The van der Waals surface area contributed by atoms with E-state index in [0.29, 0.717) is 5.92 Å². The topological polar surface area (TPSA) is 52.1 Å². The summed E-state index contributed by atoms with van der Waals surface area (Å²) in [5.41, 5.74) is 0. The third-order valence-electron chi connectivity index (χ3n) is 5.64. The van der Waals surface area contributed by atoms with Crippen LogP contribution in [0.15, 0.2) is 4.99 Å². The largest absolute Gasteiger partial charge is 0.374 e. The molecule has 2 saturated heterocycles. The van der Waals surface area contributed by atoms with E-state index in [-0.39, 0.29) is 6.10 Å². The smallest absolute Gasteiger partial charge is 0.191 e. The van der Waals surface area contributed by atoms with Crippen LogP contribution in [0.1, 0.15) is 46.5 Å². The highest BCUT2D eigenvalue weighted by Gasteiger charge is 2.21. The molecule has 2 heterocycles. The maximum absolute atomic E-state index is 5.91. The van der Waals surface area contributed by atoms with Gasteiger partial charge in [0.15, 0.2) is 5.96 Å². The molecule has 0 saturated carbocycles. The number of nitrogens with zero attached hydrogens (tertiary/aromatic N) is 3. The molecule has 2 rings (SSSR count). The van der Waals surface area contributed by atoms with Crippen LogP contribution in [-0.4, -0.2) is 87.9 Å². The van der Waals surface area contributed by atoms with Crippen LogP contribution < -0.4 is 10.6 Å². The summed E-state index contributed by atoms with van der Waals surface area (Å²) in [5.74, 6) is 2.52. The Morgan fingerprint density at radius 2 is 1.89 bits per heavy atom. The first-order valence-corrected chi connectivity index (χ1v) is 11.1. The summed E-state index contributed by atoms with van der Waals surface area (Å²) in [6.45, 7) is 16.6. The zero-order valence-electron chi connectivity index (χ0n) is 18.2. The molecular weight excluding hydrogens is 338 g/mol. The van der Waals surface area contributed by atoms with Crippen molar-refractivity contribution in [3.8, 4) is 0 Å². The monoisotopic (exact) mass is 381 g/mol. The van der Waals surface area contributed by atoms with Crippen molar-refractivity contribution in [3.05, 3.63) is 0 Å². The Morgan fingerprint density at radius 1 is 1.11 bits per heavy atom. The highest BCUT2D eigenvalue weighted by molar-refractivity contribution is 5.79. The van der Waals surface area contributed by atoms with Crippen molar-refractivity contribution < 1.29 is 4.74 Å². The Hall–Kier alpha value is -0.850. The van der Waals surface area contributed by atoms with Crippen molar-refractivity contribution in [2.24, 2.45) is 16.8 Å². The lowest BCUT2D eigenvalue weighted by atomic mass is 9.99. The Labute approximate surface area is 167 Å². The predicted octanol–water partition coefficient (Wildman–Crippen LogP) is 2.02. The number of piperidine rings is 1. The third-order valence-corrected chi connectivity index (χ3v) is 5.64. The van der Waals surface area contributed by atoms with Gasteiger partial charge in [0.1, 0.15) is 0 Å². The Balaban J connectivity index is 1.53. The summed E-state index contributed by atoms with van der Waals surface area (Å²) >= 11 is 0. The zero-order chi connectivity index (χ0) is 19.5. The first-order chi connectivity index (χ1) is 13.1. The molecule has 0 spiro atoms. The number of ether oxygens (including phenoxy) is 1. The second kappa shape index (κ2) is 12.6. The number of hydrogen-bond acceptors (Lipinski definition) is 4. The van der Waals surface area contributed by atoms with Crippen LogP contribution in [0, 0.1) is 11.8 Å². The van der Waals surface area contributed by atoms with Gasteiger partial charge < -0.3 is 20.3 Å². The van der Waals surface area contributed by atoms with Gasteiger partial charge in [-0.1, -0.05) is 20.8 Å². The molecular formula is C21H43N5O. The lowest BCUT2D eigenvalue weighted by Gasteiger charge is -2.34. The molecule has 0 amide bonds. The predicted molar refractivity (Wildman–Crippen MR) is 114 cm³/mol. The summed E-state index contributed by atoms with van der Waals surface area (Å²) in [4.78, 5) is 9.48. The SMILES string of the molecule is CN=C(NCCCCN1CCC(C)CC1)NCC1CN(CC(C)C)CCO1. The minimum Gasteiger partial charge on any atom is -0.374 e. The number of aliphatic imine (C=N–C) groups is 1. The van der Waals surface area contributed by atoms with Gasteiger partial charge in [-0.2, -0.15) is 0 Å². The molecule has 0 bridgehead atoms. The van der Waals surface area contributed by atoms with Crippen LogP contribution in [0.2, 0.25) is 0 Å². The van der Waals surface area contributed by atoms with E-state index < -0.39 is 0 Å². The van der Waals surface area contributed by atoms with Crippen LogP contribution in [0.3, 0.4) is 0 Å². The van der Waals surface area contributed by atoms with Crippen molar-refractivity contribution in [1.29, 1.82) is 0 Å². The molecule has 6 nitrogen and oxygen atoms in total. The Kier molecular flexibility index (Phi) is 10.5. The molecule has 1 atom stereocenters. The van der Waals surface area contributed by atoms with Gasteiger partial charge >= 0.3 is 0 Å². The molecule has 6 heteroatoms. The van der Waals surface area contributed by atoms with Gasteiger partial charge in [0, 0.05) is 39.8 Å². The normalized spacial score (nSPS) is 23.7. The second-order valence-corrected chi connectivity index (χ2v) is 8.76.